The molecular formula is C20H27N5O4. The molecule has 2 aromatic rings. The molecule has 1 aliphatic rings. The third kappa shape index (κ3) is 4.61. The van der Waals surface area contributed by atoms with E-state index < -0.39 is 0 Å². The lowest BCUT2D eigenvalue weighted by Crippen LogP contribution is -2.40. The van der Waals surface area contributed by atoms with Gasteiger partial charge in [-0.05, 0) is 32.0 Å². The minimum atomic E-state index is -0.231. The molecule has 1 aromatic heterocycles. The van der Waals surface area contributed by atoms with Crippen LogP contribution in [0, 0.1) is 13.8 Å². The van der Waals surface area contributed by atoms with Gasteiger partial charge in [-0.15, -0.1) is 0 Å². The van der Waals surface area contributed by atoms with Gasteiger partial charge in [-0.2, -0.15) is 5.10 Å². The van der Waals surface area contributed by atoms with E-state index in [1.165, 1.54) is 4.90 Å². The number of rotatable bonds is 8. The summed E-state index contributed by atoms with van der Waals surface area (Å²) in [5.41, 5.74) is 2.63. The molecule has 0 unspecified atom stereocenters. The number of nitrogens with one attached hydrogen (secondary N) is 1. The van der Waals surface area contributed by atoms with Crippen molar-refractivity contribution in [1.29, 1.82) is 0 Å². The molecule has 9 nitrogen and oxygen atoms in total. The molecule has 1 fully saturated rings. The van der Waals surface area contributed by atoms with Gasteiger partial charge in [0, 0.05) is 31.4 Å². The maximum absolute atomic E-state index is 12.8. The SMILES string of the molecule is COc1ccc(OC)c(N2CCN(CC(=O)NCCn3nc(C)cc3C)C2=O)c1. The maximum atomic E-state index is 12.8. The van der Waals surface area contributed by atoms with Crippen molar-refractivity contribution in [2.75, 3.05) is 45.3 Å². The summed E-state index contributed by atoms with van der Waals surface area (Å²) < 4.78 is 12.5. The highest BCUT2D eigenvalue weighted by atomic mass is 16.5. The lowest BCUT2D eigenvalue weighted by atomic mass is 10.2. The number of aromatic nitrogens is 2. The van der Waals surface area contributed by atoms with Crippen molar-refractivity contribution in [2.45, 2.75) is 20.4 Å². The summed E-state index contributed by atoms with van der Waals surface area (Å²) in [4.78, 5) is 28.2. The monoisotopic (exact) mass is 401 g/mol. The molecule has 1 aromatic carbocycles. The molecule has 1 N–H and O–H groups in total. The Morgan fingerprint density at radius 3 is 2.62 bits per heavy atom. The van der Waals surface area contributed by atoms with Crippen LogP contribution < -0.4 is 19.7 Å². The van der Waals surface area contributed by atoms with Crippen LogP contribution in [-0.2, 0) is 11.3 Å². The average Bonchev–Trinajstić information content (AvgIpc) is 3.22. The molecule has 0 saturated carbocycles. The van der Waals surface area contributed by atoms with Crippen molar-refractivity contribution in [3.63, 3.8) is 0 Å². The van der Waals surface area contributed by atoms with Crippen molar-refractivity contribution in [2.24, 2.45) is 0 Å². The number of hydrogen-bond acceptors (Lipinski definition) is 5. The first-order chi connectivity index (χ1) is 13.9. The molecule has 3 rings (SSSR count). The number of hydrogen-bond donors (Lipinski definition) is 1. The number of ether oxygens (including phenoxy) is 2. The van der Waals surface area contributed by atoms with Crippen LogP contribution >= 0.6 is 0 Å². The van der Waals surface area contributed by atoms with E-state index in [9.17, 15) is 9.59 Å². The maximum Gasteiger partial charge on any atom is 0.325 e. The zero-order valence-electron chi connectivity index (χ0n) is 17.3. The van der Waals surface area contributed by atoms with E-state index in [1.807, 2.05) is 24.6 Å². The van der Waals surface area contributed by atoms with Gasteiger partial charge in [-0.3, -0.25) is 14.4 Å². The van der Waals surface area contributed by atoms with E-state index >= 15 is 0 Å². The first-order valence-corrected chi connectivity index (χ1v) is 9.49. The molecule has 0 aliphatic carbocycles. The van der Waals surface area contributed by atoms with Gasteiger partial charge < -0.3 is 19.7 Å². The number of methoxy groups -OCH3 is 2. The lowest BCUT2D eigenvalue weighted by molar-refractivity contribution is -0.121. The third-order valence-corrected chi connectivity index (χ3v) is 4.86. The number of carbonyl (C=O) groups excluding carboxylic acids is 2. The Morgan fingerprint density at radius 2 is 1.97 bits per heavy atom. The van der Waals surface area contributed by atoms with Gasteiger partial charge in [-0.1, -0.05) is 0 Å². The topological polar surface area (TPSA) is 88.9 Å². The van der Waals surface area contributed by atoms with Crippen molar-refractivity contribution in [1.82, 2.24) is 20.0 Å². The molecular weight excluding hydrogens is 374 g/mol. The Balaban J connectivity index is 1.56. The van der Waals surface area contributed by atoms with Crippen LogP contribution in [0.3, 0.4) is 0 Å². The highest BCUT2D eigenvalue weighted by Crippen LogP contribution is 2.34. The number of aryl methyl sites for hydroxylation is 2. The van der Waals surface area contributed by atoms with Gasteiger partial charge in [0.1, 0.15) is 18.0 Å². The van der Waals surface area contributed by atoms with Crippen LogP contribution in [0.2, 0.25) is 0 Å². The fourth-order valence-corrected chi connectivity index (χ4v) is 3.39. The zero-order valence-corrected chi connectivity index (χ0v) is 17.3. The third-order valence-electron chi connectivity index (χ3n) is 4.86. The second-order valence-corrected chi connectivity index (χ2v) is 6.89. The normalized spacial score (nSPS) is 13.7. The fourth-order valence-electron chi connectivity index (χ4n) is 3.39. The summed E-state index contributed by atoms with van der Waals surface area (Å²) in [5, 5.41) is 7.22. The van der Waals surface area contributed by atoms with E-state index in [2.05, 4.69) is 10.4 Å². The van der Waals surface area contributed by atoms with Crippen molar-refractivity contribution in [3.05, 3.63) is 35.7 Å². The largest absolute Gasteiger partial charge is 0.497 e. The molecule has 3 amide bonds. The second kappa shape index (κ2) is 8.85. The number of carbonyl (C=O) groups is 2. The van der Waals surface area contributed by atoms with Gasteiger partial charge >= 0.3 is 6.03 Å². The second-order valence-electron chi connectivity index (χ2n) is 6.89. The summed E-state index contributed by atoms with van der Waals surface area (Å²) in [6.07, 6.45) is 0. The minimum absolute atomic E-state index is 0.0126. The molecule has 0 atom stereocenters. The number of urea groups is 1. The van der Waals surface area contributed by atoms with Crippen molar-refractivity contribution < 1.29 is 19.1 Å². The van der Waals surface area contributed by atoms with E-state index in [4.69, 9.17) is 9.47 Å². The molecule has 9 heteroatoms. The highest BCUT2D eigenvalue weighted by molar-refractivity contribution is 5.97. The summed E-state index contributed by atoms with van der Waals surface area (Å²) in [5.74, 6) is 1.02. The predicted octanol–water partition coefficient (Wildman–Crippen LogP) is 1.58. The highest BCUT2D eigenvalue weighted by Gasteiger charge is 2.32. The Bertz CT molecular complexity index is 895. The minimum Gasteiger partial charge on any atom is -0.497 e. The van der Waals surface area contributed by atoms with Gasteiger partial charge in [0.2, 0.25) is 5.91 Å². The lowest BCUT2D eigenvalue weighted by Gasteiger charge is -2.21. The van der Waals surface area contributed by atoms with E-state index in [0.717, 1.165) is 11.4 Å². The standard InChI is InChI=1S/C20H27N5O4/c1-14-11-15(2)25(22-14)8-7-21-19(26)13-23-9-10-24(20(23)27)17-12-16(28-3)5-6-18(17)29-4/h5-6,11-12H,7-10,13H2,1-4H3,(H,21,26). The molecule has 1 saturated heterocycles. The fraction of sp³-hybridized carbons (Fsp3) is 0.450. The quantitative estimate of drug-likeness (QED) is 0.725. The Labute approximate surface area is 170 Å². The Morgan fingerprint density at radius 1 is 1.17 bits per heavy atom. The van der Waals surface area contributed by atoms with Gasteiger partial charge in [0.25, 0.3) is 0 Å². The van der Waals surface area contributed by atoms with Crippen molar-refractivity contribution >= 4 is 17.6 Å². The number of amides is 3. The van der Waals surface area contributed by atoms with E-state index in [-0.39, 0.29) is 18.5 Å². The number of anilines is 1. The van der Waals surface area contributed by atoms with Crippen LogP contribution in [0.1, 0.15) is 11.4 Å². The summed E-state index contributed by atoms with van der Waals surface area (Å²) in [6.45, 7) is 5.91. The van der Waals surface area contributed by atoms with Crippen LogP contribution in [0.25, 0.3) is 0 Å². The summed E-state index contributed by atoms with van der Waals surface area (Å²) in [7, 11) is 3.12. The molecule has 0 spiro atoms. The van der Waals surface area contributed by atoms with Gasteiger partial charge in [0.15, 0.2) is 0 Å². The smallest absolute Gasteiger partial charge is 0.325 e. The van der Waals surface area contributed by atoms with E-state index in [1.54, 1.807) is 37.3 Å². The predicted molar refractivity (Wildman–Crippen MR) is 109 cm³/mol. The van der Waals surface area contributed by atoms with Crippen LogP contribution in [0.15, 0.2) is 24.3 Å². The van der Waals surface area contributed by atoms with Crippen molar-refractivity contribution in [3.8, 4) is 11.5 Å². The number of nitrogens with zero attached hydrogens (tertiary/aromatic N) is 4. The molecule has 0 radical (unpaired) electrons. The summed E-state index contributed by atoms with van der Waals surface area (Å²) >= 11 is 0. The van der Waals surface area contributed by atoms with Crippen LogP contribution in [0.4, 0.5) is 10.5 Å². The van der Waals surface area contributed by atoms with Crippen LogP contribution in [0.5, 0.6) is 11.5 Å². The van der Waals surface area contributed by atoms with E-state index in [0.29, 0.717) is 43.4 Å². The zero-order chi connectivity index (χ0) is 21.0. The first kappa shape index (κ1) is 20.5. The molecule has 0 bridgehead atoms. The van der Waals surface area contributed by atoms with Crippen LogP contribution in [-0.4, -0.2) is 67.0 Å². The average molecular weight is 401 g/mol. The first-order valence-electron chi connectivity index (χ1n) is 9.49. The van der Waals surface area contributed by atoms with Gasteiger partial charge in [0.05, 0.1) is 32.1 Å². The Hall–Kier alpha value is -3.23. The Kier molecular flexibility index (Phi) is 6.26. The molecule has 2 heterocycles. The molecule has 1 aliphatic heterocycles. The summed E-state index contributed by atoms with van der Waals surface area (Å²) in [6, 6.07) is 7.05. The molecule has 156 valence electrons. The number of benzene rings is 1. The van der Waals surface area contributed by atoms with Gasteiger partial charge in [-0.25, -0.2) is 4.79 Å². The molecule has 29 heavy (non-hydrogen) atoms.